The van der Waals surface area contributed by atoms with E-state index >= 15 is 0 Å². The molecule has 0 atom stereocenters. The Kier molecular flexibility index (Phi) is 3.57. The van der Waals surface area contributed by atoms with Crippen LogP contribution < -0.4 is 5.32 Å². The van der Waals surface area contributed by atoms with E-state index in [4.69, 9.17) is 0 Å². The summed E-state index contributed by atoms with van der Waals surface area (Å²) in [5, 5.41) is 4.99. The Bertz CT molecular complexity index is 605. The first-order valence-electron chi connectivity index (χ1n) is 6.77. The molecule has 1 aliphatic rings. The Morgan fingerprint density at radius 1 is 1.30 bits per heavy atom. The first-order valence-corrected chi connectivity index (χ1v) is 7.65. The molecule has 1 saturated carbocycles. The lowest BCUT2D eigenvalue weighted by Gasteiger charge is -2.40. The zero-order valence-corrected chi connectivity index (χ0v) is 11.9. The summed E-state index contributed by atoms with van der Waals surface area (Å²) in [5.41, 5.74) is 0.270. The maximum atomic E-state index is 13.4. The van der Waals surface area contributed by atoms with Crippen LogP contribution in [0.1, 0.15) is 29.7 Å². The minimum atomic E-state index is -0.528. The van der Waals surface area contributed by atoms with Crippen LogP contribution in [0.3, 0.4) is 0 Å². The highest BCUT2D eigenvalue weighted by Crippen LogP contribution is 2.44. The summed E-state index contributed by atoms with van der Waals surface area (Å²) < 4.78 is 13.4. The van der Waals surface area contributed by atoms with Gasteiger partial charge in [0.15, 0.2) is 0 Å². The fourth-order valence-corrected chi connectivity index (χ4v) is 3.36. The molecule has 2 nitrogen and oxygen atoms in total. The lowest BCUT2D eigenvalue weighted by molar-refractivity contribution is -0.130. The summed E-state index contributed by atoms with van der Waals surface area (Å²) in [6.07, 6.45) is 2.61. The number of thiophene rings is 1. The summed E-state index contributed by atoms with van der Waals surface area (Å²) in [4.78, 5) is 13.7. The molecule has 1 aromatic carbocycles. The quantitative estimate of drug-likeness (QED) is 0.915. The summed E-state index contributed by atoms with van der Waals surface area (Å²) in [5.74, 6) is -0.261. The molecule has 2 aromatic rings. The van der Waals surface area contributed by atoms with Crippen LogP contribution in [0.5, 0.6) is 0 Å². The molecule has 3 rings (SSSR count). The van der Waals surface area contributed by atoms with Crippen molar-refractivity contribution in [2.45, 2.75) is 31.2 Å². The number of hydrogen-bond acceptors (Lipinski definition) is 2. The van der Waals surface area contributed by atoms with E-state index in [2.05, 4.69) is 5.32 Å². The Hall–Kier alpha value is -1.68. The maximum Gasteiger partial charge on any atom is 0.230 e. The van der Waals surface area contributed by atoms with Gasteiger partial charge in [-0.15, -0.1) is 11.3 Å². The molecule has 1 amide bonds. The molecular formula is C16H16FNOS. The van der Waals surface area contributed by atoms with E-state index in [0.717, 1.165) is 29.7 Å². The van der Waals surface area contributed by atoms with Crippen LogP contribution >= 0.6 is 11.3 Å². The molecular weight excluding hydrogens is 273 g/mol. The second-order valence-corrected chi connectivity index (χ2v) is 6.24. The van der Waals surface area contributed by atoms with Crippen LogP contribution in [0.2, 0.25) is 0 Å². The largest absolute Gasteiger partial charge is 0.350 e. The molecule has 104 valence electrons. The topological polar surface area (TPSA) is 29.1 Å². The number of hydrogen-bond donors (Lipinski definition) is 1. The molecule has 4 heteroatoms. The molecule has 1 fully saturated rings. The van der Waals surface area contributed by atoms with Gasteiger partial charge in [0, 0.05) is 4.88 Å². The van der Waals surface area contributed by atoms with Crippen molar-refractivity contribution in [3.05, 3.63) is 58.0 Å². The van der Waals surface area contributed by atoms with Gasteiger partial charge in [0.25, 0.3) is 0 Å². The Balaban J connectivity index is 1.76. The lowest BCUT2D eigenvalue weighted by atomic mass is 9.64. The van der Waals surface area contributed by atoms with Crippen molar-refractivity contribution < 1.29 is 9.18 Å². The van der Waals surface area contributed by atoms with Gasteiger partial charge < -0.3 is 5.32 Å². The van der Waals surface area contributed by atoms with Gasteiger partial charge in [-0.2, -0.15) is 0 Å². The highest BCUT2D eigenvalue weighted by Gasteiger charge is 2.45. The molecule has 0 spiro atoms. The van der Waals surface area contributed by atoms with Gasteiger partial charge in [0.1, 0.15) is 5.82 Å². The molecule has 0 saturated heterocycles. The van der Waals surface area contributed by atoms with Gasteiger partial charge in [-0.3, -0.25) is 4.79 Å². The van der Waals surface area contributed by atoms with E-state index in [1.807, 2.05) is 23.6 Å². The lowest BCUT2D eigenvalue weighted by Crippen LogP contribution is -2.49. The Labute approximate surface area is 121 Å². The molecule has 0 unspecified atom stereocenters. The van der Waals surface area contributed by atoms with Crippen LogP contribution in [-0.2, 0) is 16.8 Å². The van der Waals surface area contributed by atoms with Crippen molar-refractivity contribution in [3.8, 4) is 0 Å². The third kappa shape index (κ3) is 2.36. The zero-order valence-electron chi connectivity index (χ0n) is 11.1. The van der Waals surface area contributed by atoms with E-state index in [9.17, 15) is 9.18 Å². The molecule has 1 heterocycles. The smallest absolute Gasteiger partial charge is 0.230 e. The summed E-state index contributed by atoms with van der Waals surface area (Å²) >= 11 is 1.62. The number of carbonyl (C=O) groups excluding carboxylic acids is 1. The van der Waals surface area contributed by atoms with E-state index < -0.39 is 5.41 Å². The monoisotopic (exact) mass is 289 g/mol. The van der Waals surface area contributed by atoms with Gasteiger partial charge >= 0.3 is 0 Å². The van der Waals surface area contributed by atoms with Crippen molar-refractivity contribution in [2.75, 3.05) is 0 Å². The van der Waals surface area contributed by atoms with E-state index in [1.165, 1.54) is 12.1 Å². The zero-order chi connectivity index (χ0) is 14.0. The first kappa shape index (κ1) is 13.3. The van der Waals surface area contributed by atoms with Crippen molar-refractivity contribution in [1.29, 1.82) is 0 Å². The average molecular weight is 289 g/mol. The molecule has 1 N–H and O–H groups in total. The van der Waals surface area contributed by atoms with Crippen LogP contribution in [-0.4, -0.2) is 5.91 Å². The fourth-order valence-electron chi connectivity index (χ4n) is 2.71. The first-order chi connectivity index (χ1) is 9.71. The van der Waals surface area contributed by atoms with E-state index in [1.54, 1.807) is 17.4 Å². The van der Waals surface area contributed by atoms with E-state index in [-0.39, 0.29) is 11.7 Å². The standard InChI is InChI=1S/C16H16FNOS/c17-13-5-1-4-12(10-13)16(7-3-8-16)15(19)18-11-14-6-2-9-20-14/h1-2,4-6,9-10H,3,7-8,11H2,(H,18,19). The van der Waals surface area contributed by atoms with E-state index in [0.29, 0.717) is 6.54 Å². The van der Waals surface area contributed by atoms with Crippen molar-refractivity contribution in [1.82, 2.24) is 5.32 Å². The number of halogens is 1. The SMILES string of the molecule is O=C(NCc1cccs1)C1(c2cccc(F)c2)CCC1. The predicted molar refractivity (Wildman–Crippen MR) is 78.1 cm³/mol. The minimum Gasteiger partial charge on any atom is -0.350 e. The van der Waals surface area contributed by atoms with Gasteiger partial charge in [-0.05, 0) is 42.0 Å². The molecule has 1 aliphatic carbocycles. The van der Waals surface area contributed by atoms with Gasteiger partial charge in [-0.1, -0.05) is 24.6 Å². The predicted octanol–water partition coefficient (Wildman–Crippen LogP) is 3.63. The minimum absolute atomic E-state index is 0.0164. The third-order valence-electron chi connectivity index (χ3n) is 4.02. The van der Waals surface area contributed by atoms with Crippen molar-refractivity contribution in [2.24, 2.45) is 0 Å². The number of nitrogens with one attached hydrogen (secondary N) is 1. The second-order valence-electron chi connectivity index (χ2n) is 5.21. The second kappa shape index (κ2) is 5.37. The highest BCUT2D eigenvalue weighted by atomic mass is 32.1. The molecule has 1 aromatic heterocycles. The number of carbonyl (C=O) groups is 1. The summed E-state index contributed by atoms with van der Waals surface area (Å²) in [6.45, 7) is 0.549. The van der Waals surface area contributed by atoms with Crippen LogP contribution in [0, 0.1) is 5.82 Å². The summed E-state index contributed by atoms with van der Waals surface area (Å²) in [7, 11) is 0. The number of amides is 1. The average Bonchev–Trinajstić information content (AvgIpc) is 2.88. The van der Waals surface area contributed by atoms with Gasteiger partial charge in [0.2, 0.25) is 5.91 Å². The highest BCUT2D eigenvalue weighted by molar-refractivity contribution is 7.09. The molecule has 0 radical (unpaired) electrons. The van der Waals surface area contributed by atoms with Crippen LogP contribution in [0.25, 0.3) is 0 Å². The van der Waals surface area contributed by atoms with Crippen LogP contribution in [0.15, 0.2) is 41.8 Å². The fraction of sp³-hybridized carbons (Fsp3) is 0.312. The van der Waals surface area contributed by atoms with Gasteiger partial charge in [-0.25, -0.2) is 4.39 Å². The number of benzene rings is 1. The maximum absolute atomic E-state index is 13.4. The van der Waals surface area contributed by atoms with Crippen molar-refractivity contribution >= 4 is 17.2 Å². The van der Waals surface area contributed by atoms with Gasteiger partial charge in [0.05, 0.1) is 12.0 Å². The molecule has 20 heavy (non-hydrogen) atoms. The molecule has 0 aliphatic heterocycles. The Morgan fingerprint density at radius 2 is 2.15 bits per heavy atom. The van der Waals surface area contributed by atoms with Crippen molar-refractivity contribution in [3.63, 3.8) is 0 Å². The molecule has 0 bridgehead atoms. The third-order valence-corrected chi connectivity index (χ3v) is 4.90. The Morgan fingerprint density at radius 3 is 2.75 bits per heavy atom. The summed E-state index contributed by atoms with van der Waals surface area (Å²) in [6, 6.07) is 10.4. The normalized spacial score (nSPS) is 16.4. The van der Waals surface area contributed by atoms with Crippen LogP contribution in [0.4, 0.5) is 4.39 Å². The number of rotatable bonds is 4.